The van der Waals surface area contributed by atoms with Crippen molar-refractivity contribution >= 4 is 23.5 Å². The maximum absolute atomic E-state index is 11.6. The Hall–Kier alpha value is -1.94. The molecular weight excluding hydrogens is 268 g/mol. The van der Waals surface area contributed by atoms with Crippen molar-refractivity contribution in [2.45, 2.75) is 29.7 Å². The number of carbonyl (C=O) groups is 1. The van der Waals surface area contributed by atoms with E-state index in [0.717, 1.165) is 10.6 Å². The van der Waals surface area contributed by atoms with Crippen LogP contribution in [0.3, 0.4) is 0 Å². The van der Waals surface area contributed by atoms with E-state index in [9.17, 15) is 4.79 Å². The van der Waals surface area contributed by atoms with Crippen LogP contribution in [0.2, 0.25) is 0 Å². The third kappa shape index (κ3) is 4.63. The maximum Gasteiger partial charge on any atom is 0.319 e. The van der Waals surface area contributed by atoms with E-state index in [4.69, 9.17) is 0 Å². The van der Waals surface area contributed by atoms with Crippen LogP contribution in [0.1, 0.15) is 13.8 Å². The molecule has 0 spiro atoms. The van der Waals surface area contributed by atoms with E-state index >= 15 is 0 Å². The monoisotopic (exact) mass is 286 g/mol. The van der Waals surface area contributed by atoms with Crippen molar-refractivity contribution in [2.75, 3.05) is 5.32 Å². The first kappa shape index (κ1) is 14.5. The second-order valence-corrected chi connectivity index (χ2v) is 5.84. The minimum atomic E-state index is -0.177. The van der Waals surface area contributed by atoms with Crippen molar-refractivity contribution in [1.29, 1.82) is 0 Å². The Bertz CT molecular complexity index is 552. The van der Waals surface area contributed by atoms with E-state index in [1.807, 2.05) is 56.3 Å². The summed E-state index contributed by atoms with van der Waals surface area (Å²) in [5.41, 5.74) is 0.792. The number of hydrogen-bond donors (Lipinski definition) is 2. The molecule has 0 atom stereocenters. The quantitative estimate of drug-likeness (QED) is 0.876. The molecule has 0 aromatic heterocycles. The summed E-state index contributed by atoms with van der Waals surface area (Å²) in [6.45, 7) is 3.86. The Morgan fingerprint density at radius 1 is 0.950 bits per heavy atom. The van der Waals surface area contributed by atoms with Crippen LogP contribution < -0.4 is 10.6 Å². The van der Waals surface area contributed by atoms with Crippen LogP contribution in [0.5, 0.6) is 0 Å². The predicted molar refractivity (Wildman–Crippen MR) is 84.3 cm³/mol. The molecule has 3 nitrogen and oxygen atoms in total. The Morgan fingerprint density at radius 3 is 2.15 bits per heavy atom. The molecule has 2 amide bonds. The maximum atomic E-state index is 11.6. The van der Waals surface area contributed by atoms with Crippen LogP contribution in [0.25, 0.3) is 0 Å². The molecule has 0 aliphatic rings. The molecule has 0 aliphatic carbocycles. The van der Waals surface area contributed by atoms with Crippen molar-refractivity contribution in [3.63, 3.8) is 0 Å². The van der Waals surface area contributed by atoms with Gasteiger partial charge in [-0.05, 0) is 50.2 Å². The van der Waals surface area contributed by atoms with Crippen molar-refractivity contribution in [3.05, 3.63) is 54.6 Å². The Labute approximate surface area is 123 Å². The lowest BCUT2D eigenvalue weighted by atomic mass is 10.3. The van der Waals surface area contributed by atoms with Gasteiger partial charge in [0.1, 0.15) is 0 Å². The van der Waals surface area contributed by atoms with E-state index in [2.05, 4.69) is 22.8 Å². The number of hydrogen-bond acceptors (Lipinski definition) is 2. The van der Waals surface area contributed by atoms with Gasteiger partial charge in [0, 0.05) is 21.5 Å². The number of anilines is 1. The highest BCUT2D eigenvalue weighted by atomic mass is 32.2. The third-order valence-electron chi connectivity index (χ3n) is 2.51. The van der Waals surface area contributed by atoms with E-state index in [1.165, 1.54) is 4.90 Å². The van der Waals surface area contributed by atoms with Gasteiger partial charge in [-0.1, -0.05) is 30.0 Å². The highest BCUT2D eigenvalue weighted by Crippen LogP contribution is 2.28. The lowest BCUT2D eigenvalue weighted by Gasteiger charge is -2.10. The van der Waals surface area contributed by atoms with Gasteiger partial charge in [-0.2, -0.15) is 0 Å². The molecule has 2 rings (SSSR count). The van der Waals surface area contributed by atoms with E-state index < -0.39 is 0 Å². The molecule has 104 valence electrons. The Morgan fingerprint density at radius 2 is 1.55 bits per heavy atom. The second-order valence-electron chi connectivity index (χ2n) is 4.69. The number of rotatable bonds is 4. The topological polar surface area (TPSA) is 41.1 Å². The zero-order valence-electron chi connectivity index (χ0n) is 11.6. The van der Waals surface area contributed by atoms with E-state index in [-0.39, 0.29) is 12.1 Å². The summed E-state index contributed by atoms with van der Waals surface area (Å²) in [6, 6.07) is 18.0. The fourth-order valence-electron chi connectivity index (χ4n) is 1.66. The molecule has 0 saturated heterocycles. The predicted octanol–water partition coefficient (Wildman–Crippen LogP) is 4.37. The summed E-state index contributed by atoms with van der Waals surface area (Å²) in [7, 11) is 0. The molecule has 0 bridgehead atoms. The molecule has 0 fully saturated rings. The van der Waals surface area contributed by atoms with Crippen molar-refractivity contribution in [3.8, 4) is 0 Å². The van der Waals surface area contributed by atoms with Gasteiger partial charge in [-0.3, -0.25) is 0 Å². The molecule has 20 heavy (non-hydrogen) atoms. The van der Waals surface area contributed by atoms with Crippen LogP contribution >= 0.6 is 11.8 Å². The van der Waals surface area contributed by atoms with Gasteiger partial charge < -0.3 is 10.6 Å². The minimum Gasteiger partial charge on any atom is -0.336 e. The first-order valence-electron chi connectivity index (χ1n) is 6.54. The van der Waals surface area contributed by atoms with Gasteiger partial charge in [0.2, 0.25) is 0 Å². The average molecular weight is 286 g/mol. The summed E-state index contributed by atoms with van der Waals surface area (Å²) in [5, 5.41) is 5.60. The summed E-state index contributed by atoms with van der Waals surface area (Å²) in [5.74, 6) is 0. The number of benzene rings is 2. The minimum absolute atomic E-state index is 0.128. The highest BCUT2D eigenvalue weighted by Gasteiger charge is 2.03. The third-order valence-corrected chi connectivity index (χ3v) is 3.53. The van der Waals surface area contributed by atoms with Crippen LogP contribution in [-0.4, -0.2) is 12.1 Å². The van der Waals surface area contributed by atoms with Crippen molar-refractivity contribution < 1.29 is 4.79 Å². The summed E-state index contributed by atoms with van der Waals surface area (Å²) in [6.07, 6.45) is 0. The molecular formula is C16H18N2OS. The zero-order chi connectivity index (χ0) is 14.4. The summed E-state index contributed by atoms with van der Waals surface area (Å²) in [4.78, 5) is 13.9. The van der Waals surface area contributed by atoms with Crippen molar-refractivity contribution in [2.24, 2.45) is 0 Å². The summed E-state index contributed by atoms with van der Waals surface area (Å²) < 4.78 is 0. The van der Waals surface area contributed by atoms with Gasteiger partial charge in [-0.25, -0.2) is 4.79 Å². The average Bonchev–Trinajstić information content (AvgIpc) is 2.41. The molecule has 0 radical (unpaired) electrons. The molecule has 0 unspecified atom stereocenters. The molecule has 0 heterocycles. The lowest BCUT2D eigenvalue weighted by Crippen LogP contribution is -2.34. The van der Waals surface area contributed by atoms with Crippen LogP contribution in [0.4, 0.5) is 10.5 Å². The second kappa shape index (κ2) is 7.01. The highest BCUT2D eigenvalue weighted by molar-refractivity contribution is 7.99. The van der Waals surface area contributed by atoms with Gasteiger partial charge in [0.15, 0.2) is 0 Å². The molecule has 2 aromatic rings. The fraction of sp³-hybridized carbons (Fsp3) is 0.188. The van der Waals surface area contributed by atoms with Crippen LogP contribution in [0.15, 0.2) is 64.4 Å². The molecule has 2 N–H and O–H groups in total. The normalized spacial score (nSPS) is 10.3. The standard InChI is InChI=1S/C16H18N2OS/c1-12(2)17-16(19)18-13-8-10-15(11-9-13)20-14-6-4-3-5-7-14/h3-12H,1-2H3,(H2,17,18,19). The number of nitrogens with one attached hydrogen (secondary N) is 2. The number of carbonyl (C=O) groups excluding carboxylic acids is 1. The first-order chi connectivity index (χ1) is 9.63. The van der Waals surface area contributed by atoms with Crippen LogP contribution in [0, 0.1) is 0 Å². The fourth-order valence-corrected chi connectivity index (χ4v) is 2.50. The largest absolute Gasteiger partial charge is 0.336 e. The van der Waals surface area contributed by atoms with Gasteiger partial charge in [0.05, 0.1) is 0 Å². The number of amides is 2. The number of urea groups is 1. The molecule has 2 aromatic carbocycles. The molecule has 0 saturated carbocycles. The van der Waals surface area contributed by atoms with Gasteiger partial charge in [-0.15, -0.1) is 0 Å². The van der Waals surface area contributed by atoms with E-state index in [1.54, 1.807) is 11.8 Å². The lowest BCUT2D eigenvalue weighted by molar-refractivity contribution is 0.250. The summed E-state index contributed by atoms with van der Waals surface area (Å²) >= 11 is 1.70. The van der Waals surface area contributed by atoms with Crippen molar-refractivity contribution in [1.82, 2.24) is 5.32 Å². The molecule has 4 heteroatoms. The Balaban J connectivity index is 1.94. The first-order valence-corrected chi connectivity index (χ1v) is 7.35. The molecule has 0 aliphatic heterocycles. The van der Waals surface area contributed by atoms with Gasteiger partial charge >= 0.3 is 6.03 Å². The Kier molecular flexibility index (Phi) is 5.07. The van der Waals surface area contributed by atoms with Gasteiger partial charge in [0.25, 0.3) is 0 Å². The van der Waals surface area contributed by atoms with Crippen LogP contribution in [-0.2, 0) is 0 Å². The SMILES string of the molecule is CC(C)NC(=O)Nc1ccc(Sc2ccccc2)cc1. The van der Waals surface area contributed by atoms with E-state index in [0.29, 0.717) is 0 Å². The smallest absolute Gasteiger partial charge is 0.319 e. The zero-order valence-corrected chi connectivity index (χ0v) is 12.4.